The molecule has 0 rings (SSSR count). The minimum atomic E-state index is -0.131. The Morgan fingerprint density at radius 2 is 0.722 bits per heavy atom. The fourth-order valence-corrected chi connectivity index (χ4v) is 1.54. The van der Waals surface area contributed by atoms with E-state index in [0.717, 1.165) is 0 Å². The third kappa shape index (κ3) is 7.81. The lowest BCUT2D eigenvalue weighted by Crippen LogP contribution is -2.50. The molecule has 0 atom stereocenters. The first-order valence-electron chi connectivity index (χ1n) is 5.70. The van der Waals surface area contributed by atoms with Crippen molar-refractivity contribution in [1.82, 2.24) is 10.0 Å². The first-order chi connectivity index (χ1) is 8.22. The van der Waals surface area contributed by atoms with Crippen LogP contribution < -0.4 is 0 Å². The topological polar surface area (TPSA) is 74.8 Å². The van der Waals surface area contributed by atoms with Crippen molar-refractivity contribution in [2.45, 2.75) is 27.7 Å². The standard InChI is InChI=1S/C12H20N2O4/c1-9(15)5-13(6-10(2)16)14(7-11(3)17)8-12(4)18/h5-8H2,1-4H3. The minimum absolute atomic E-state index is 0.0140. The molecule has 0 aromatic rings. The summed E-state index contributed by atoms with van der Waals surface area (Å²) in [5.74, 6) is -0.525. The lowest BCUT2D eigenvalue weighted by atomic mass is 10.3. The first kappa shape index (κ1) is 16.6. The summed E-state index contributed by atoms with van der Waals surface area (Å²) < 4.78 is 0. The maximum Gasteiger partial charge on any atom is 0.145 e. The van der Waals surface area contributed by atoms with Gasteiger partial charge in [0.15, 0.2) is 0 Å². The molecule has 0 unspecified atom stereocenters. The zero-order valence-electron chi connectivity index (χ0n) is 11.4. The molecule has 0 saturated carbocycles. The molecule has 6 nitrogen and oxygen atoms in total. The summed E-state index contributed by atoms with van der Waals surface area (Å²) in [6.07, 6.45) is 0. The summed E-state index contributed by atoms with van der Waals surface area (Å²) in [5.41, 5.74) is 0. The second-order valence-electron chi connectivity index (χ2n) is 4.45. The fraction of sp³-hybridized carbons (Fsp3) is 0.667. The van der Waals surface area contributed by atoms with Crippen LogP contribution in [0, 0.1) is 0 Å². The Kier molecular flexibility index (Phi) is 7.23. The Morgan fingerprint density at radius 3 is 0.833 bits per heavy atom. The van der Waals surface area contributed by atoms with E-state index in [1.54, 1.807) is 0 Å². The molecule has 0 N–H and O–H groups in total. The predicted octanol–water partition coefficient (Wildman–Crippen LogP) is -0.139. The minimum Gasteiger partial charge on any atom is -0.299 e. The Bertz CT molecular complexity index is 286. The molecular formula is C12H20N2O4. The highest BCUT2D eigenvalue weighted by molar-refractivity contribution is 5.82. The van der Waals surface area contributed by atoms with Crippen molar-refractivity contribution in [2.75, 3.05) is 26.2 Å². The van der Waals surface area contributed by atoms with Crippen LogP contribution in [0.2, 0.25) is 0 Å². The van der Waals surface area contributed by atoms with E-state index in [9.17, 15) is 19.2 Å². The van der Waals surface area contributed by atoms with Crippen molar-refractivity contribution in [3.05, 3.63) is 0 Å². The van der Waals surface area contributed by atoms with Crippen molar-refractivity contribution in [3.63, 3.8) is 0 Å². The number of ketones is 4. The maximum absolute atomic E-state index is 11.2. The van der Waals surface area contributed by atoms with Crippen molar-refractivity contribution >= 4 is 23.1 Å². The van der Waals surface area contributed by atoms with Gasteiger partial charge in [-0.25, -0.2) is 10.0 Å². The summed E-state index contributed by atoms with van der Waals surface area (Å²) in [5, 5.41) is 2.90. The Labute approximate surface area is 107 Å². The summed E-state index contributed by atoms with van der Waals surface area (Å²) >= 11 is 0. The molecular weight excluding hydrogens is 236 g/mol. The van der Waals surface area contributed by atoms with Gasteiger partial charge in [-0.05, 0) is 27.7 Å². The molecule has 0 aliphatic heterocycles. The van der Waals surface area contributed by atoms with Gasteiger partial charge >= 0.3 is 0 Å². The number of Topliss-reactive ketones (excluding diaryl/α,β-unsaturated/α-hetero) is 4. The number of nitrogens with zero attached hydrogens (tertiary/aromatic N) is 2. The number of rotatable bonds is 9. The van der Waals surface area contributed by atoms with Crippen LogP contribution in [0.4, 0.5) is 0 Å². The van der Waals surface area contributed by atoms with E-state index in [2.05, 4.69) is 0 Å². The maximum atomic E-state index is 11.2. The van der Waals surface area contributed by atoms with Gasteiger partial charge in [0.25, 0.3) is 0 Å². The predicted molar refractivity (Wildman–Crippen MR) is 65.9 cm³/mol. The average Bonchev–Trinajstić information content (AvgIpc) is 2.12. The SMILES string of the molecule is CC(=O)CN(CC(C)=O)N(CC(C)=O)CC(C)=O. The van der Waals surface area contributed by atoms with E-state index >= 15 is 0 Å². The molecule has 0 aromatic carbocycles. The second kappa shape index (κ2) is 7.84. The van der Waals surface area contributed by atoms with Gasteiger partial charge in [-0.2, -0.15) is 0 Å². The number of hydrogen-bond donors (Lipinski definition) is 0. The van der Waals surface area contributed by atoms with Crippen LogP contribution in [0.15, 0.2) is 0 Å². The van der Waals surface area contributed by atoms with Gasteiger partial charge in [-0.15, -0.1) is 0 Å². The molecule has 0 bridgehead atoms. The molecule has 18 heavy (non-hydrogen) atoms. The summed E-state index contributed by atoms with van der Waals surface area (Å²) in [6.45, 7) is 5.64. The van der Waals surface area contributed by atoms with Crippen molar-refractivity contribution in [3.8, 4) is 0 Å². The fourth-order valence-electron chi connectivity index (χ4n) is 1.54. The van der Waals surface area contributed by atoms with E-state index in [1.165, 1.54) is 37.7 Å². The molecule has 6 heteroatoms. The summed E-state index contributed by atoms with van der Waals surface area (Å²) in [7, 11) is 0. The quantitative estimate of drug-likeness (QED) is 0.535. The lowest BCUT2D eigenvalue weighted by molar-refractivity contribution is -0.140. The molecule has 0 heterocycles. The number of carbonyl (C=O) groups excluding carboxylic acids is 4. The van der Waals surface area contributed by atoms with Gasteiger partial charge < -0.3 is 0 Å². The molecule has 0 saturated heterocycles. The summed E-state index contributed by atoms with van der Waals surface area (Å²) in [4.78, 5) is 44.6. The van der Waals surface area contributed by atoms with Crippen LogP contribution in [0.5, 0.6) is 0 Å². The number of hydrogen-bond acceptors (Lipinski definition) is 6. The molecule has 0 radical (unpaired) electrons. The van der Waals surface area contributed by atoms with Crippen LogP contribution >= 0.6 is 0 Å². The van der Waals surface area contributed by atoms with E-state index in [-0.39, 0.29) is 49.3 Å². The largest absolute Gasteiger partial charge is 0.299 e. The zero-order chi connectivity index (χ0) is 14.3. The van der Waals surface area contributed by atoms with Gasteiger partial charge in [0.1, 0.15) is 23.1 Å². The highest BCUT2D eigenvalue weighted by atomic mass is 16.1. The van der Waals surface area contributed by atoms with E-state index in [0.29, 0.717) is 0 Å². The average molecular weight is 256 g/mol. The summed E-state index contributed by atoms with van der Waals surface area (Å²) in [6, 6.07) is 0. The van der Waals surface area contributed by atoms with Gasteiger partial charge in [-0.1, -0.05) is 0 Å². The third-order valence-corrected chi connectivity index (χ3v) is 2.02. The van der Waals surface area contributed by atoms with Crippen molar-refractivity contribution < 1.29 is 19.2 Å². The van der Waals surface area contributed by atoms with Crippen LogP contribution in [0.25, 0.3) is 0 Å². The van der Waals surface area contributed by atoms with Crippen LogP contribution in [-0.2, 0) is 19.2 Å². The van der Waals surface area contributed by atoms with Crippen LogP contribution in [0.3, 0.4) is 0 Å². The molecule has 0 fully saturated rings. The normalized spacial score (nSPS) is 10.8. The van der Waals surface area contributed by atoms with E-state index in [4.69, 9.17) is 0 Å². The monoisotopic (exact) mass is 256 g/mol. The first-order valence-corrected chi connectivity index (χ1v) is 5.70. The molecule has 102 valence electrons. The zero-order valence-corrected chi connectivity index (χ0v) is 11.4. The smallest absolute Gasteiger partial charge is 0.145 e. The third-order valence-electron chi connectivity index (χ3n) is 2.02. The molecule has 0 aliphatic rings. The van der Waals surface area contributed by atoms with Gasteiger partial charge in [0.2, 0.25) is 0 Å². The Hall–Kier alpha value is -1.40. The number of carbonyl (C=O) groups is 4. The van der Waals surface area contributed by atoms with Crippen LogP contribution in [-0.4, -0.2) is 59.3 Å². The van der Waals surface area contributed by atoms with Crippen molar-refractivity contribution in [1.29, 1.82) is 0 Å². The van der Waals surface area contributed by atoms with E-state index in [1.807, 2.05) is 0 Å². The molecule has 0 amide bonds. The van der Waals surface area contributed by atoms with Crippen molar-refractivity contribution in [2.24, 2.45) is 0 Å². The van der Waals surface area contributed by atoms with E-state index < -0.39 is 0 Å². The highest BCUT2D eigenvalue weighted by Gasteiger charge is 2.21. The second-order valence-corrected chi connectivity index (χ2v) is 4.45. The van der Waals surface area contributed by atoms with Crippen LogP contribution in [0.1, 0.15) is 27.7 Å². The molecule has 0 spiro atoms. The Balaban J connectivity index is 4.90. The van der Waals surface area contributed by atoms with Gasteiger partial charge in [0.05, 0.1) is 26.2 Å². The molecule has 0 aromatic heterocycles. The van der Waals surface area contributed by atoms with Gasteiger partial charge in [-0.3, -0.25) is 19.2 Å². The van der Waals surface area contributed by atoms with Gasteiger partial charge in [0, 0.05) is 0 Å². The molecule has 0 aliphatic carbocycles. The highest BCUT2D eigenvalue weighted by Crippen LogP contribution is 2.00. The number of hydrazine groups is 1. The Morgan fingerprint density at radius 1 is 0.556 bits per heavy atom. The lowest BCUT2D eigenvalue weighted by Gasteiger charge is -2.32.